The molecule has 1 heterocycles. The van der Waals surface area contributed by atoms with Crippen LogP contribution in [0.2, 0.25) is 5.02 Å². The number of benzene rings is 1. The predicted molar refractivity (Wildman–Crippen MR) is 73.2 cm³/mol. The molecule has 1 aromatic carbocycles. The molecular formula is C14H16ClNO2. The van der Waals surface area contributed by atoms with Crippen LogP contribution < -0.4 is 5.32 Å². The average molecular weight is 266 g/mol. The minimum Gasteiger partial charge on any atom is -0.480 e. The zero-order valence-electron chi connectivity index (χ0n) is 10.4. The van der Waals surface area contributed by atoms with Crippen molar-refractivity contribution in [1.82, 2.24) is 0 Å². The lowest BCUT2D eigenvalue weighted by molar-refractivity contribution is -0.139. The highest BCUT2D eigenvalue weighted by molar-refractivity contribution is 6.30. The van der Waals surface area contributed by atoms with Crippen molar-refractivity contribution in [3.8, 4) is 0 Å². The molecule has 0 spiro atoms. The third-order valence-electron chi connectivity index (χ3n) is 3.44. The lowest BCUT2D eigenvalue weighted by Gasteiger charge is -2.35. The van der Waals surface area contributed by atoms with Gasteiger partial charge in [-0.2, -0.15) is 0 Å². The third-order valence-corrected chi connectivity index (χ3v) is 3.68. The van der Waals surface area contributed by atoms with Gasteiger partial charge in [0, 0.05) is 16.6 Å². The number of allylic oxidation sites excluding steroid dienone is 2. The molecule has 3 atom stereocenters. The molecule has 0 aliphatic carbocycles. The Morgan fingerprint density at radius 2 is 2.22 bits per heavy atom. The van der Waals surface area contributed by atoms with Crippen LogP contribution in [0.3, 0.4) is 0 Å². The van der Waals surface area contributed by atoms with Gasteiger partial charge in [-0.15, -0.1) is 0 Å². The molecule has 4 heteroatoms. The van der Waals surface area contributed by atoms with Gasteiger partial charge in [0.15, 0.2) is 0 Å². The Bertz CT molecular complexity index is 499. The molecule has 1 aromatic rings. The summed E-state index contributed by atoms with van der Waals surface area (Å²) in [6, 6.07) is 4.95. The summed E-state index contributed by atoms with van der Waals surface area (Å²) in [6.45, 7) is 3.88. The maximum Gasteiger partial charge on any atom is 0.326 e. The molecule has 2 N–H and O–H groups in total. The third kappa shape index (κ3) is 2.23. The van der Waals surface area contributed by atoms with Crippen LogP contribution >= 0.6 is 11.6 Å². The number of carboxylic acid groups (broad SMARTS) is 1. The second-order valence-electron chi connectivity index (χ2n) is 4.60. The minimum atomic E-state index is -0.822. The highest BCUT2D eigenvalue weighted by Gasteiger charge is 2.36. The molecule has 96 valence electrons. The van der Waals surface area contributed by atoms with Crippen LogP contribution in [0.25, 0.3) is 0 Å². The summed E-state index contributed by atoms with van der Waals surface area (Å²) in [6.07, 6.45) is 3.99. The van der Waals surface area contributed by atoms with Gasteiger partial charge in [0.1, 0.15) is 6.04 Å². The number of rotatable bonds is 2. The van der Waals surface area contributed by atoms with Crippen LogP contribution in [0.15, 0.2) is 30.4 Å². The SMILES string of the molecule is C/C=C\C1c2cc(Cl)ccc2NC(C(=O)O)C1C. The van der Waals surface area contributed by atoms with Gasteiger partial charge in [-0.1, -0.05) is 30.7 Å². The Morgan fingerprint density at radius 1 is 1.50 bits per heavy atom. The molecule has 0 saturated carbocycles. The fraction of sp³-hybridized carbons (Fsp3) is 0.357. The largest absolute Gasteiger partial charge is 0.480 e. The van der Waals surface area contributed by atoms with Crippen LogP contribution in [-0.4, -0.2) is 17.1 Å². The number of fused-ring (bicyclic) bond motifs is 1. The molecule has 0 bridgehead atoms. The summed E-state index contributed by atoms with van der Waals surface area (Å²) in [4.78, 5) is 11.3. The summed E-state index contributed by atoms with van der Waals surface area (Å²) in [7, 11) is 0. The molecule has 3 nitrogen and oxygen atoms in total. The number of halogens is 1. The first kappa shape index (κ1) is 13.0. The van der Waals surface area contributed by atoms with E-state index < -0.39 is 12.0 Å². The lowest BCUT2D eigenvalue weighted by atomic mass is 9.78. The Balaban J connectivity index is 2.50. The number of anilines is 1. The van der Waals surface area contributed by atoms with Crippen molar-refractivity contribution in [2.45, 2.75) is 25.8 Å². The summed E-state index contributed by atoms with van der Waals surface area (Å²) < 4.78 is 0. The molecule has 1 aliphatic heterocycles. The molecule has 0 fully saturated rings. The molecule has 1 aliphatic rings. The monoisotopic (exact) mass is 265 g/mol. The first-order valence-electron chi connectivity index (χ1n) is 5.96. The van der Waals surface area contributed by atoms with Crippen LogP contribution in [0.4, 0.5) is 5.69 Å². The normalized spacial score (nSPS) is 26.7. The summed E-state index contributed by atoms with van der Waals surface area (Å²) in [5, 5.41) is 13.0. The Kier molecular flexibility index (Phi) is 3.62. The summed E-state index contributed by atoms with van der Waals surface area (Å²) >= 11 is 6.02. The Labute approximate surface area is 111 Å². The first-order valence-corrected chi connectivity index (χ1v) is 6.34. The first-order chi connectivity index (χ1) is 8.54. The molecule has 3 unspecified atom stereocenters. The van der Waals surface area contributed by atoms with Gasteiger partial charge in [0.25, 0.3) is 0 Å². The number of aliphatic carboxylic acids is 1. The van der Waals surface area contributed by atoms with E-state index in [1.165, 1.54) is 0 Å². The molecule has 0 amide bonds. The maximum absolute atomic E-state index is 11.3. The topological polar surface area (TPSA) is 49.3 Å². The fourth-order valence-electron chi connectivity index (χ4n) is 2.50. The van der Waals surface area contributed by atoms with Gasteiger partial charge in [0.2, 0.25) is 0 Å². The van der Waals surface area contributed by atoms with E-state index in [-0.39, 0.29) is 11.8 Å². The molecule has 0 saturated heterocycles. The van der Waals surface area contributed by atoms with Crippen molar-refractivity contribution in [2.24, 2.45) is 5.92 Å². The van der Waals surface area contributed by atoms with E-state index in [0.717, 1.165) is 11.3 Å². The van der Waals surface area contributed by atoms with Crippen molar-refractivity contribution in [3.05, 3.63) is 40.9 Å². The zero-order valence-corrected chi connectivity index (χ0v) is 11.1. The van der Waals surface area contributed by atoms with Crippen molar-refractivity contribution < 1.29 is 9.90 Å². The Morgan fingerprint density at radius 3 is 2.83 bits per heavy atom. The number of carboxylic acids is 1. The van der Waals surface area contributed by atoms with Crippen molar-refractivity contribution in [3.63, 3.8) is 0 Å². The maximum atomic E-state index is 11.3. The standard InChI is InChI=1S/C14H16ClNO2/c1-3-4-10-8(2)13(14(17)18)16-12-6-5-9(15)7-11(10)12/h3-8,10,13,16H,1-2H3,(H,17,18)/b4-3-. The highest BCUT2D eigenvalue weighted by Crippen LogP contribution is 2.40. The number of carbonyl (C=O) groups is 1. The van der Waals surface area contributed by atoms with E-state index in [2.05, 4.69) is 5.32 Å². The van der Waals surface area contributed by atoms with Gasteiger partial charge < -0.3 is 10.4 Å². The van der Waals surface area contributed by atoms with Crippen molar-refractivity contribution >= 4 is 23.3 Å². The van der Waals surface area contributed by atoms with Gasteiger partial charge in [0.05, 0.1) is 0 Å². The quantitative estimate of drug-likeness (QED) is 0.805. The van der Waals surface area contributed by atoms with E-state index in [4.69, 9.17) is 11.6 Å². The lowest BCUT2D eigenvalue weighted by Crippen LogP contribution is -2.41. The van der Waals surface area contributed by atoms with Crippen LogP contribution in [0, 0.1) is 5.92 Å². The second-order valence-corrected chi connectivity index (χ2v) is 5.04. The van der Waals surface area contributed by atoms with Crippen molar-refractivity contribution in [1.29, 1.82) is 0 Å². The van der Waals surface area contributed by atoms with E-state index >= 15 is 0 Å². The number of nitrogens with one attached hydrogen (secondary N) is 1. The van der Waals surface area contributed by atoms with Crippen molar-refractivity contribution in [2.75, 3.05) is 5.32 Å². The van der Waals surface area contributed by atoms with Gasteiger partial charge in [-0.3, -0.25) is 0 Å². The van der Waals surface area contributed by atoms with E-state index in [1.54, 1.807) is 6.07 Å². The second kappa shape index (κ2) is 5.02. The van der Waals surface area contributed by atoms with Crippen LogP contribution in [0.1, 0.15) is 25.3 Å². The van der Waals surface area contributed by atoms with Crippen LogP contribution in [-0.2, 0) is 4.79 Å². The minimum absolute atomic E-state index is 0.0235. The van der Waals surface area contributed by atoms with Gasteiger partial charge >= 0.3 is 5.97 Å². The Hall–Kier alpha value is -1.48. The van der Waals surface area contributed by atoms with E-state index in [1.807, 2.05) is 38.1 Å². The molecular weight excluding hydrogens is 250 g/mol. The molecule has 0 aromatic heterocycles. The smallest absolute Gasteiger partial charge is 0.326 e. The number of hydrogen-bond acceptors (Lipinski definition) is 2. The van der Waals surface area contributed by atoms with E-state index in [0.29, 0.717) is 5.02 Å². The molecule has 18 heavy (non-hydrogen) atoms. The summed E-state index contributed by atoms with van der Waals surface area (Å²) in [5.74, 6) is -0.770. The highest BCUT2D eigenvalue weighted by atomic mass is 35.5. The van der Waals surface area contributed by atoms with Crippen LogP contribution in [0.5, 0.6) is 0 Å². The van der Waals surface area contributed by atoms with Gasteiger partial charge in [-0.05, 0) is 36.6 Å². The fourth-order valence-corrected chi connectivity index (χ4v) is 2.68. The zero-order chi connectivity index (χ0) is 13.3. The molecule has 0 radical (unpaired) electrons. The van der Waals surface area contributed by atoms with Gasteiger partial charge in [-0.25, -0.2) is 4.79 Å². The predicted octanol–water partition coefficient (Wildman–Crippen LogP) is 3.51. The number of hydrogen-bond donors (Lipinski definition) is 2. The summed E-state index contributed by atoms with van der Waals surface area (Å²) in [5.41, 5.74) is 1.92. The average Bonchev–Trinajstić information content (AvgIpc) is 2.32. The van der Waals surface area contributed by atoms with E-state index in [9.17, 15) is 9.90 Å². The molecule has 2 rings (SSSR count).